The van der Waals surface area contributed by atoms with Crippen LogP contribution in [0.25, 0.3) is 0 Å². The van der Waals surface area contributed by atoms with Gasteiger partial charge in [0.05, 0.1) is 5.71 Å². The lowest BCUT2D eigenvalue weighted by molar-refractivity contribution is -0.138. The Bertz CT molecular complexity index is 638. The van der Waals surface area contributed by atoms with Gasteiger partial charge in [0.2, 0.25) is 6.79 Å². The van der Waals surface area contributed by atoms with Crippen molar-refractivity contribution in [1.29, 1.82) is 0 Å². The molecule has 1 aliphatic heterocycles. The molecule has 136 valence electrons. The first-order valence-electron chi connectivity index (χ1n) is 9.05. The Hall–Kier alpha value is -2.24. The molecule has 0 saturated heterocycles. The maximum absolute atomic E-state index is 12.4. The molecule has 0 aromatic heterocycles. The standard InChI is InChI=1S/C19H26N2O4/c1-3-21(16-7-5-4-6-8-16)19(22)12-25-20-14(2)15-9-10-17-18(11-15)24-13-23-17/h9-11,16H,3-8,12-13H2,1-2H3/b20-14+. The van der Waals surface area contributed by atoms with Crippen LogP contribution < -0.4 is 9.47 Å². The van der Waals surface area contributed by atoms with Crippen LogP contribution in [0.2, 0.25) is 0 Å². The summed E-state index contributed by atoms with van der Waals surface area (Å²) in [6.07, 6.45) is 5.88. The maximum Gasteiger partial charge on any atom is 0.263 e. The number of ether oxygens (including phenoxy) is 2. The minimum Gasteiger partial charge on any atom is -0.454 e. The second kappa shape index (κ2) is 8.23. The van der Waals surface area contributed by atoms with E-state index in [1.807, 2.05) is 36.9 Å². The summed E-state index contributed by atoms with van der Waals surface area (Å²) in [6.45, 7) is 4.81. The molecule has 6 nitrogen and oxygen atoms in total. The molecule has 0 unspecified atom stereocenters. The molecule has 1 fully saturated rings. The van der Waals surface area contributed by atoms with Crippen LogP contribution in [0.4, 0.5) is 0 Å². The average molecular weight is 346 g/mol. The smallest absolute Gasteiger partial charge is 0.263 e. The number of hydrogen-bond acceptors (Lipinski definition) is 5. The molecule has 1 heterocycles. The number of fused-ring (bicyclic) bond motifs is 1. The van der Waals surface area contributed by atoms with Crippen molar-refractivity contribution < 1.29 is 19.1 Å². The minimum absolute atomic E-state index is 0.0108. The first-order chi connectivity index (χ1) is 12.2. The molecule has 3 rings (SSSR count). The van der Waals surface area contributed by atoms with Gasteiger partial charge in [-0.25, -0.2) is 0 Å². The summed E-state index contributed by atoms with van der Waals surface area (Å²) in [5, 5.41) is 4.09. The summed E-state index contributed by atoms with van der Waals surface area (Å²) < 4.78 is 10.7. The molecule has 2 aliphatic rings. The average Bonchev–Trinajstić information content (AvgIpc) is 3.11. The van der Waals surface area contributed by atoms with Gasteiger partial charge in [-0.1, -0.05) is 24.4 Å². The van der Waals surface area contributed by atoms with Crippen LogP contribution in [0.1, 0.15) is 51.5 Å². The molecule has 0 spiro atoms. The Balaban J connectivity index is 1.55. The van der Waals surface area contributed by atoms with E-state index in [2.05, 4.69) is 5.16 Å². The fourth-order valence-corrected chi connectivity index (χ4v) is 3.47. The van der Waals surface area contributed by atoms with Gasteiger partial charge in [0.15, 0.2) is 18.1 Å². The van der Waals surface area contributed by atoms with Crippen molar-refractivity contribution in [3.8, 4) is 11.5 Å². The number of carbonyl (C=O) groups is 1. The first-order valence-corrected chi connectivity index (χ1v) is 9.05. The van der Waals surface area contributed by atoms with Gasteiger partial charge in [0.25, 0.3) is 5.91 Å². The van der Waals surface area contributed by atoms with Crippen molar-refractivity contribution in [1.82, 2.24) is 4.90 Å². The number of amides is 1. The molecule has 0 atom stereocenters. The predicted molar refractivity (Wildman–Crippen MR) is 95.0 cm³/mol. The summed E-state index contributed by atoms with van der Waals surface area (Å²) >= 11 is 0. The molecule has 1 amide bonds. The van der Waals surface area contributed by atoms with E-state index in [0.29, 0.717) is 17.5 Å². The fourth-order valence-electron chi connectivity index (χ4n) is 3.47. The van der Waals surface area contributed by atoms with Crippen molar-refractivity contribution in [2.45, 2.75) is 52.0 Å². The Morgan fingerprint density at radius 3 is 2.76 bits per heavy atom. The summed E-state index contributed by atoms with van der Waals surface area (Å²) in [7, 11) is 0. The zero-order valence-electron chi connectivity index (χ0n) is 15.0. The zero-order chi connectivity index (χ0) is 17.6. The third kappa shape index (κ3) is 4.24. The first kappa shape index (κ1) is 17.6. The van der Waals surface area contributed by atoms with Gasteiger partial charge >= 0.3 is 0 Å². The largest absolute Gasteiger partial charge is 0.454 e. The number of benzene rings is 1. The van der Waals surface area contributed by atoms with Crippen molar-refractivity contribution in [2.24, 2.45) is 5.16 Å². The van der Waals surface area contributed by atoms with Gasteiger partial charge in [-0.3, -0.25) is 4.79 Å². The van der Waals surface area contributed by atoms with Crippen molar-refractivity contribution in [2.75, 3.05) is 19.9 Å². The zero-order valence-corrected chi connectivity index (χ0v) is 15.0. The van der Waals surface area contributed by atoms with Crippen LogP contribution in [0.15, 0.2) is 23.4 Å². The van der Waals surface area contributed by atoms with Gasteiger partial charge in [0.1, 0.15) is 0 Å². The summed E-state index contributed by atoms with van der Waals surface area (Å²) in [6, 6.07) is 5.97. The highest BCUT2D eigenvalue weighted by atomic mass is 16.7. The van der Waals surface area contributed by atoms with Crippen LogP contribution in [-0.2, 0) is 9.63 Å². The Morgan fingerprint density at radius 1 is 1.24 bits per heavy atom. The molecule has 0 N–H and O–H groups in total. The van der Waals surface area contributed by atoms with E-state index in [-0.39, 0.29) is 19.3 Å². The highest BCUT2D eigenvalue weighted by molar-refractivity contribution is 5.99. The highest BCUT2D eigenvalue weighted by Gasteiger charge is 2.24. The van der Waals surface area contributed by atoms with Gasteiger partial charge in [0, 0.05) is 18.2 Å². The van der Waals surface area contributed by atoms with E-state index in [1.165, 1.54) is 19.3 Å². The molecular formula is C19H26N2O4. The van der Waals surface area contributed by atoms with E-state index >= 15 is 0 Å². The molecule has 1 saturated carbocycles. The molecule has 0 radical (unpaired) electrons. The quantitative estimate of drug-likeness (QED) is 0.585. The van der Waals surface area contributed by atoms with Crippen LogP contribution >= 0.6 is 0 Å². The third-order valence-corrected chi connectivity index (χ3v) is 4.86. The maximum atomic E-state index is 12.4. The Labute approximate surface area is 148 Å². The molecule has 6 heteroatoms. The van der Waals surface area contributed by atoms with Crippen LogP contribution in [0.5, 0.6) is 11.5 Å². The number of nitrogens with zero attached hydrogens (tertiary/aromatic N) is 2. The van der Waals surface area contributed by atoms with E-state index in [1.54, 1.807) is 0 Å². The normalized spacial score (nSPS) is 17.4. The molecule has 0 bridgehead atoms. The second-order valence-electron chi connectivity index (χ2n) is 6.49. The molecule has 25 heavy (non-hydrogen) atoms. The van der Waals surface area contributed by atoms with Gasteiger partial charge in [-0.2, -0.15) is 0 Å². The van der Waals surface area contributed by atoms with Crippen molar-refractivity contribution >= 4 is 11.6 Å². The molecule has 1 aliphatic carbocycles. The fraction of sp³-hybridized carbons (Fsp3) is 0.579. The number of hydrogen-bond donors (Lipinski definition) is 0. The van der Waals surface area contributed by atoms with Crippen LogP contribution in [0, 0.1) is 0 Å². The van der Waals surface area contributed by atoms with E-state index in [9.17, 15) is 4.79 Å². The van der Waals surface area contributed by atoms with Crippen LogP contribution in [-0.4, -0.2) is 42.5 Å². The summed E-state index contributed by atoms with van der Waals surface area (Å²) in [4.78, 5) is 19.7. The number of likely N-dealkylation sites (N-methyl/N-ethyl adjacent to an activating group) is 1. The molecule has 1 aromatic carbocycles. The molecular weight excluding hydrogens is 320 g/mol. The van der Waals surface area contributed by atoms with Crippen molar-refractivity contribution in [3.63, 3.8) is 0 Å². The lowest BCUT2D eigenvalue weighted by atomic mass is 9.94. The SMILES string of the molecule is CCN(C(=O)CO/N=C(\C)c1ccc2c(c1)OCO2)C1CCCCC1. The summed E-state index contributed by atoms with van der Waals surface area (Å²) in [5.74, 6) is 1.45. The number of oxime groups is 1. The van der Waals surface area contributed by atoms with E-state index in [0.717, 1.165) is 30.7 Å². The summed E-state index contributed by atoms with van der Waals surface area (Å²) in [5.41, 5.74) is 1.59. The minimum atomic E-state index is -0.0216. The molecule has 1 aromatic rings. The van der Waals surface area contributed by atoms with Gasteiger partial charge < -0.3 is 19.2 Å². The number of rotatable bonds is 6. The predicted octanol–water partition coefficient (Wildman–Crippen LogP) is 3.34. The van der Waals surface area contributed by atoms with Crippen LogP contribution in [0.3, 0.4) is 0 Å². The topological polar surface area (TPSA) is 60.4 Å². The van der Waals surface area contributed by atoms with E-state index in [4.69, 9.17) is 14.3 Å². The Kier molecular flexibility index (Phi) is 5.79. The highest BCUT2D eigenvalue weighted by Crippen LogP contribution is 2.32. The van der Waals surface area contributed by atoms with E-state index < -0.39 is 0 Å². The van der Waals surface area contributed by atoms with Crippen molar-refractivity contribution in [3.05, 3.63) is 23.8 Å². The second-order valence-corrected chi connectivity index (χ2v) is 6.49. The van der Waals surface area contributed by atoms with Gasteiger partial charge in [-0.05, 0) is 44.9 Å². The Morgan fingerprint density at radius 2 is 2.00 bits per heavy atom. The lowest BCUT2D eigenvalue weighted by Crippen LogP contribution is -2.42. The number of carbonyl (C=O) groups excluding carboxylic acids is 1. The van der Waals surface area contributed by atoms with Gasteiger partial charge in [-0.15, -0.1) is 0 Å². The monoisotopic (exact) mass is 346 g/mol. The lowest BCUT2D eigenvalue weighted by Gasteiger charge is -2.33. The third-order valence-electron chi connectivity index (χ3n) is 4.86.